The quantitative estimate of drug-likeness (QED) is 0.364. The number of aromatic nitrogens is 1. The van der Waals surface area contributed by atoms with E-state index >= 15 is 0 Å². The molecular weight excluding hydrogens is 462 g/mol. The molecule has 0 bridgehead atoms. The number of aryl methyl sites for hydroxylation is 1. The number of carbonyl (C=O) groups excluding carboxylic acids is 1. The van der Waals surface area contributed by atoms with Crippen molar-refractivity contribution in [2.24, 2.45) is 11.8 Å². The largest absolute Gasteiger partial charge is 0.375 e. The zero-order valence-electron chi connectivity index (χ0n) is 20.3. The number of ketones is 1. The molecule has 1 saturated carbocycles. The molecular formula is C28H38ClN3OS. The highest BCUT2D eigenvalue weighted by atomic mass is 35.5. The second kappa shape index (κ2) is 12.3. The van der Waals surface area contributed by atoms with E-state index in [1.54, 1.807) is 17.4 Å². The summed E-state index contributed by atoms with van der Waals surface area (Å²) in [5.74, 6) is 1.57. The number of nitrogen functional groups attached to an aromatic ring is 1. The Morgan fingerprint density at radius 1 is 1.21 bits per heavy atom. The molecule has 0 amide bonds. The summed E-state index contributed by atoms with van der Waals surface area (Å²) in [5.41, 5.74) is 8.17. The number of nitrogens with zero attached hydrogens (tertiary/aromatic N) is 2. The molecule has 2 aromatic rings. The summed E-state index contributed by atoms with van der Waals surface area (Å²) in [7, 11) is 0. The Balaban J connectivity index is 1.20. The van der Waals surface area contributed by atoms with Crippen LogP contribution in [0.3, 0.4) is 0 Å². The molecule has 2 aliphatic carbocycles. The summed E-state index contributed by atoms with van der Waals surface area (Å²) in [6.45, 7) is 4.66. The van der Waals surface area contributed by atoms with E-state index in [1.165, 1.54) is 68.6 Å². The van der Waals surface area contributed by atoms with Gasteiger partial charge >= 0.3 is 0 Å². The summed E-state index contributed by atoms with van der Waals surface area (Å²) in [6, 6.07) is 8.26. The third-order valence-corrected chi connectivity index (χ3v) is 8.73. The van der Waals surface area contributed by atoms with Crippen molar-refractivity contribution >= 4 is 39.9 Å². The van der Waals surface area contributed by atoms with Crippen LogP contribution >= 0.6 is 22.9 Å². The molecule has 1 atom stereocenters. The maximum atomic E-state index is 12.5. The van der Waals surface area contributed by atoms with Crippen LogP contribution in [0.4, 0.5) is 5.13 Å². The minimum absolute atomic E-state index is 0.234. The Hall–Kier alpha value is -1.69. The van der Waals surface area contributed by atoms with E-state index in [-0.39, 0.29) is 5.78 Å². The fourth-order valence-corrected chi connectivity index (χ4v) is 6.83. The maximum Gasteiger partial charge on any atom is 0.180 e. The monoisotopic (exact) mass is 499 g/mol. The van der Waals surface area contributed by atoms with Gasteiger partial charge in [0, 0.05) is 22.4 Å². The van der Waals surface area contributed by atoms with Crippen molar-refractivity contribution in [3.05, 3.63) is 51.5 Å². The number of anilines is 1. The molecule has 1 fully saturated rings. The number of rotatable bonds is 10. The average molecular weight is 500 g/mol. The Morgan fingerprint density at radius 2 is 2.00 bits per heavy atom. The molecule has 4 rings (SSSR count). The molecule has 0 saturated heterocycles. The number of fused-ring (bicyclic) bond motifs is 1. The number of hydrogen-bond donors (Lipinski definition) is 1. The third kappa shape index (κ3) is 7.16. The molecule has 0 unspecified atom stereocenters. The Labute approximate surface area is 213 Å². The van der Waals surface area contributed by atoms with Gasteiger partial charge in [-0.25, -0.2) is 4.98 Å². The average Bonchev–Trinajstić information content (AvgIpc) is 3.20. The SMILES string of the molecule is CCCN(CCC1CCC(CC(=O)/C=C/c2cccc(Cl)c2)CC1)[C@H]1CCc2nc(N)sc2C1. The van der Waals surface area contributed by atoms with Crippen LogP contribution < -0.4 is 5.73 Å². The number of carbonyl (C=O) groups is 1. The van der Waals surface area contributed by atoms with Crippen molar-refractivity contribution in [2.75, 3.05) is 18.8 Å². The van der Waals surface area contributed by atoms with Gasteiger partial charge in [0.15, 0.2) is 10.9 Å². The van der Waals surface area contributed by atoms with Gasteiger partial charge in [-0.2, -0.15) is 0 Å². The van der Waals surface area contributed by atoms with Crippen LogP contribution in [0, 0.1) is 11.8 Å². The van der Waals surface area contributed by atoms with Crippen LogP contribution in [0.25, 0.3) is 6.08 Å². The lowest BCUT2D eigenvalue weighted by atomic mass is 9.78. The molecule has 6 heteroatoms. The van der Waals surface area contributed by atoms with E-state index in [4.69, 9.17) is 17.3 Å². The molecule has 1 aromatic carbocycles. The second-order valence-corrected chi connectivity index (χ2v) is 11.6. The fraction of sp³-hybridized carbons (Fsp3) is 0.571. The lowest BCUT2D eigenvalue weighted by Gasteiger charge is -2.36. The number of halogens is 1. The van der Waals surface area contributed by atoms with Gasteiger partial charge in [-0.15, -0.1) is 11.3 Å². The van der Waals surface area contributed by atoms with Crippen LogP contribution in [0.15, 0.2) is 30.3 Å². The van der Waals surface area contributed by atoms with Crippen LogP contribution in [0.2, 0.25) is 5.02 Å². The number of thiazole rings is 1. The van der Waals surface area contributed by atoms with Gasteiger partial charge < -0.3 is 10.6 Å². The predicted octanol–water partition coefficient (Wildman–Crippen LogP) is 6.82. The van der Waals surface area contributed by atoms with Gasteiger partial charge in [-0.1, -0.05) is 49.6 Å². The highest BCUT2D eigenvalue weighted by Gasteiger charge is 2.28. The maximum absolute atomic E-state index is 12.5. The Kier molecular flexibility index (Phi) is 9.21. The van der Waals surface area contributed by atoms with Gasteiger partial charge in [0.25, 0.3) is 0 Å². The minimum atomic E-state index is 0.234. The molecule has 184 valence electrons. The van der Waals surface area contributed by atoms with E-state index in [0.717, 1.165) is 29.5 Å². The first-order chi connectivity index (χ1) is 16.5. The summed E-state index contributed by atoms with van der Waals surface area (Å²) < 4.78 is 0. The zero-order chi connectivity index (χ0) is 23.9. The Bertz CT molecular complexity index is 980. The molecule has 2 N–H and O–H groups in total. The number of allylic oxidation sites excluding steroid dienone is 1. The van der Waals surface area contributed by atoms with Crippen molar-refractivity contribution < 1.29 is 4.79 Å². The van der Waals surface area contributed by atoms with E-state index in [2.05, 4.69) is 16.8 Å². The second-order valence-electron chi connectivity index (χ2n) is 10.1. The van der Waals surface area contributed by atoms with E-state index in [0.29, 0.717) is 23.4 Å². The number of nitrogens with two attached hydrogens (primary N) is 1. The summed E-state index contributed by atoms with van der Waals surface area (Å²) in [6.07, 6.45) is 15.0. The van der Waals surface area contributed by atoms with Gasteiger partial charge in [-0.05, 0) is 93.6 Å². The van der Waals surface area contributed by atoms with Gasteiger partial charge in [0.05, 0.1) is 5.69 Å². The van der Waals surface area contributed by atoms with Gasteiger partial charge in [0.1, 0.15) is 0 Å². The first kappa shape index (κ1) is 25.4. The van der Waals surface area contributed by atoms with Crippen LogP contribution in [-0.2, 0) is 17.6 Å². The number of benzene rings is 1. The molecule has 34 heavy (non-hydrogen) atoms. The molecule has 1 aromatic heterocycles. The van der Waals surface area contributed by atoms with Gasteiger partial charge in [0.2, 0.25) is 0 Å². The zero-order valence-corrected chi connectivity index (χ0v) is 21.9. The van der Waals surface area contributed by atoms with Crippen LogP contribution in [0.5, 0.6) is 0 Å². The van der Waals surface area contributed by atoms with Crippen LogP contribution in [-0.4, -0.2) is 34.8 Å². The van der Waals surface area contributed by atoms with Crippen molar-refractivity contribution in [1.82, 2.24) is 9.88 Å². The van der Waals surface area contributed by atoms with Crippen molar-refractivity contribution in [3.63, 3.8) is 0 Å². The first-order valence-electron chi connectivity index (χ1n) is 12.9. The lowest BCUT2D eigenvalue weighted by molar-refractivity contribution is -0.115. The molecule has 4 nitrogen and oxygen atoms in total. The molecule has 2 aliphatic rings. The summed E-state index contributed by atoms with van der Waals surface area (Å²) in [5, 5.41) is 1.43. The van der Waals surface area contributed by atoms with Crippen LogP contribution in [0.1, 0.15) is 74.4 Å². The standard InChI is InChI=1S/C28H38ClN3OS/c1-2-15-32(24-11-13-26-27(19-24)34-28(30)31-26)16-14-20-6-8-22(9-7-20)18-25(33)12-10-21-4-3-5-23(29)17-21/h3-5,10,12,17,20,22,24H,2,6-9,11,13-16,18-19H2,1H3,(H2,30,31)/b12-10+/t20?,22?,24-/m0/s1. The third-order valence-electron chi connectivity index (χ3n) is 7.55. The molecule has 0 radical (unpaired) electrons. The van der Waals surface area contributed by atoms with Crippen molar-refractivity contribution in [3.8, 4) is 0 Å². The molecule has 1 heterocycles. The first-order valence-corrected chi connectivity index (χ1v) is 14.1. The fourth-order valence-electron chi connectivity index (χ4n) is 5.68. The summed E-state index contributed by atoms with van der Waals surface area (Å²) in [4.78, 5) is 21.1. The normalized spacial score (nSPS) is 22.9. The smallest absolute Gasteiger partial charge is 0.180 e. The molecule has 0 spiro atoms. The summed E-state index contributed by atoms with van der Waals surface area (Å²) >= 11 is 7.71. The van der Waals surface area contributed by atoms with E-state index < -0.39 is 0 Å². The highest BCUT2D eigenvalue weighted by molar-refractivity contribution is 7.15. The lowest BCUT2D eigenvalue weighted by Crippen LogP contribution is -2.41. The number of hydrogen-bond acceptors (Lipinski definition) is 5. The van der Waals surface area contributed by atoms with Crippen molar-refractivity contribution in [1.29, 1.82) is 0 Å². The van der Waals surface area contributed by atoms with Gasteiger partial charge in [-0.3, -0.25) is 4.79 Å². The van der Waals surface area contributed by atoms with E-state index in [1.807, 2.05) is 30.3 Å². The highest BCUT2D eigenvalue weighted by Crippen LogP contribution is 2.34. The predicted molar refractivity (Wildman–Crippen MR) is 144 cm³/mol. The Morgan fingerprint density at radius 3 is 2.76 bits per heavy atom. The minimum Gasteiger partial charge on any atom is -0.375 e. The molecule has 0 aliphatic heterocycles. The van der Waals surface area contributed by atoms with E-state index in [9.17, 15) is 4.79 Å². The topological polar surface area (TPSA) is 59.2 Å². The van der Waals surface area contributed by atoms with Crippen molar-refractivity contribution in [2.45, 2.75) is 77.2 Å².